The fourth-order valence-corrected chi connectivity index (χ4v) is 2.12. The molecule has 1 rings (SSSR count). The van der Waals surface area contributed by atoms with Crippen molar-refractivity contribution in [2.75, 3.05) is 18.1 Å². The summed E-state index contributed by atoms with van der Waals surface area (Å²) in [5.41, 5.74) is 0.657. The van der Waals surface area contributed by atoms with Crippen LogP contribution >= 0.6 is 27.7 Å². The number of benzene rings is 1. The fraction of sp³-hybridized carbons (Fsp3) is 0.333. The lowest BCUT2D eigenvalue weighted by Gasteiger charge is -2.02. The average Bonchev–Trinajstić information content (AvgIpc) is 2.30. The molecule has 0 saturated carbocycles. The molecule has 0 amide bonds. The lowest BCUT2D eigenvalue weighted by atomic mass is 10.2. The topological polar surface area (TPSA) is 43.4 Å². The maximum atomic E-state index is 11.7. The van der Waals surface area contributed by atoms with Gasteiger partial charge < -0.3 is 4.74 Å². The van der Waals surface area contributed by atoms with Crippen molar-refractivity contribution in [3.8, 4) is 0 Å². The molecule has 0 bridgehead atoms. The molecule has 0 N–H and O–H groups in total. The first-order valence-corrected chi connectivity index (χ1v) is 7.10. The maximum Gasteiger partial charge on any atom is 0.315 e. The molecule has 0 aliphatic carbocycles. The summed E-state index contributed by atoms with van der Waals surface area (Å²) in [5.74, 6) is 0.254. The minimum atomic E-state index is -0.277. The molecule has 17 heavy (non-hydrogen) atoms. The first kappa shape index (κ1) is 14.3. The maximum absolute atomic E-state index is 11.7. The van der Waals surface area contributed by atoms with Gasteiger partial charge in [0.25, 0.3) is 0 Å². The standard InChI is InChI=1S/C12H13BrO3S/c1-2-16-12(15)8-17-7-11(14)9-3-5-10(13)6-4-9/h3-6H,2,7-8H2,1H3. The van der Waals surface area contributed by atoms with E-state index in [1.54, 1.807) is 19.1 Å². The quantitative estimate of drug-likeness (QED) is 0.598. The molecule has 0 spiro atoms. The number of ether oxygens (including phenoxy) is 1. The highest BCUT2D eigenvalue weighted by Gasteiger charge is 2.08. The zero-order valence-electron chi connectivity index (χ0n) is 9.44. The van der Waals surface area contributed by atoms with Gasteiger partial charge in [-0.2, -0.15) is 0 Å². The number of hydrogen-bond acceptors (Lipinski definition) is 4. The molecule has 0 saturated heterocycles. The molecule has 0 radical (unpaired) electrons. The normalized spacial score (nSPS) is 10.0. The third kappa shape index (κ3) is 5.37. The summed E-state index contributed by atoms with van der Waals surface area (Å²) >= 11 is 4.58. The summed E-state index contributed by atoms with van der Waals surface area (Å²) in [7, 11) is 0. The first-order chi connectivity index (χ1) is 8.13. The lowest BCUT2D eigenvalue weighted by molar-refractivity contribution is -0.139. The van der Waals surface area contributed by atoms with Crippen LogP contribution in [0.15, 0.2) is 28.7 Å². The van der Waals surface area contributed by atoms with Gasteiger partial charge in [-0.3, -0.25) is 9.59 Å². The van der Waals surface area contributed by atoms with E-state index in [0.29, 0.717) is 17.9 Å². The van der Waals surface area contributed by atoms with Crippen LogP contribution in [0.25, 0.3) is 0 Å². The van der Waals surface area contributed by atoms with Crippen LogP contribution in [0.4, 0.5) is 0 Å². The number of Topliss-reactive ketones (excluding diaryl/α,β-unsaturated/α-hetero) is 1. The molecule has 0 aliphatic heterocycles. The largest absolute Gasteiger partial charge is 0.465 e. The van der Waals surface area contributed by atoms with Crippen molar-refractivity contribution in [1.29, 1.82) is 0 Å². The van der Waals surface area contributed by atoms with E-state index in [4.69, 9.17) is 4.74 Å². The van der Waals surface area contributed by atoms with Gasteiger partial charge in [-0.15, -0.1) is 11.8 Å². The van der Waals surface area contributed by atoms with E-state index >= 15 is 0 Å². The molecule has 0 fully saturated rings. The highest BCUT2D eigenvalue weighted by atomic mass is 79.9. The predicted molar refractivity (Wildman–Crippen MR) is 72.4 cm³/mol. The monoisotopic (exact) mass is 316 g/mol. The fourth-order valence-electron chi connectivity index (χ4n) is 1.15. The summed E-state index contributed by atoms with van der Waals surface area (Å²) in [4.78, 5) is 22.8. The van der Waals surface area contributed by atoms with Crippen LogP contribution in [0.3, 0.4) is 0 Å². The molecular formula is C12H13BrO3S. The molecule has 3 nitrogen and oxygen atoms in total. The molecule has 1 aromatic carbocycles. The van der Waals surface area contributed by atoms with E-state index in [2.05, 4.69) is 15.9 Å². The Balaban J connectivity index is 2.35. The van der Waals surface area contributed by atoms with Crippen molar-refractivity contribution in [2.45, 2.75) is 6.92 Å². The number of halogens is 1. The number of carbonyl (C=O) groups is 2. The predicted octanol–water partition coefficient (Wildman–Crippen LogP) is 2.93. The van der Waals surface area contributed by atoms with Gasteiger partial charge in [-0.1, -0.05) is 28.1 Å². The Morgan fingerprint density at radius 3 is 2.47 bits per heavy atom. The molecule has 92 valence electrons. The van der Waals surface area contributed by atoms with Gasteiger partial charge in [0.15, 0.2) is 5.78 Å². The van der Waals surface area contributed by atoms with Crippen LogP contribution in [0, 0.1) is 0 Å². The highest BCUT2D eigenvalue weighted by molar-refractivity contribution is 9.10. The van der Waals surface area contributed by atoms with Crippen LogP contribution in [0.2, 0.25) is 0 Å². The second-order valence-electron chi connectivity index (χ2n) is 3.23. The van der Waals surface area contributed by atoms with Crippen LogP contribution in [-0.2, 0) is 9.53 Å². The second-order valence-corrected chi connectivity index (χ2v) is 5.13. The zero-order valence-corrected chi connectivity index (χ0v) is 11.8. The third-order valence-corrected chi connectivity index (χ3v) is 3.36. The Morgan fingerprint density at radius 2 is 1.88 bits per heavy atom. The Bertz CT molecular complexity index is 389. The Hall–Kier alpha value is -0.810. The number of thioether (sulfide) groups is 1. The Morgan fingerprint density at radius 1 is 1.24 bits per heavy atom. The second kappa shape index (κ2) is 7.50. The molecule has 0 aliphatic rings. The molecule has 5 heteroatoms. The Kier molecular flexibility index (Phi) is 6.29. The summed E-state index contributed by atoms with van der Waals surface area (Å²) in [6.07, 6.45) is 0. The number of esters is 1. The number of carbonyl (C=O) groups excluding carboxylic acids is 2. The minimum Gasteiger partial charge on any atom is -0.465 e. The summed E-state index contributed by atoms with van der Waals surface area (Å²) in [6.45, 7) is 2.13. The molecular weight excluding hydrogens is 304 g/mol. The van der Waals surface area contributed by atoms with Gasteiger partial charge in [-0.25, -0.2) is 0 Å². The molecule has 0 aromatic heterocycles. The molecule has 0 heterocycles. The smallest absolute Gasteiger partial charge is 0.315 e. The summed E-state index contributed by atoms with van der Waals surface area (Å²) < 4.78 is 5.71. The van der Waals surface area contributed by atoms with Gasteiger partial charge >= 0.3 is 5.97 Å². The van der Waals surface area contributed by atoms with Gasteiger partial charge in [0, 0.05) is 10.0 Å². The SMILES string of the molecule is CCOC(=O)CSCC(=O)c1ccc(Br)cc1. The van der Waals surface area contributed by atoms with E-state index in [-0.39, 0.29) is 17.5 Å². The van der Waals surface area contributed by atoms with E-state index in [1.165, 1.54) is 11.8 Å². The van der Waals surface area contributed by atoms with Gasteiger partial charge in [-0.05, 0) is 19.1 Å². The average molecular weight is 317 g/mol. The molecule has 0 atom stereocenters. The number of ketones is 1. The van der Waals surface area contributed by atoms with Gasteiger partial charge in [0.05, 0.1) is 18.1 Å². The van der Waals surface area contributed by atoms with Crippen molar-refractivity contribution >= 4 is 39.4 Å². The van der Waals surface area contributed by atoms with E-state index < -0.39 is 0 Å². The van der Waals surface area contributed by atoms with E-state index in [1.807, 2.05) is 12.1 Å². The van der Waals surface area contributed by atoms with Crippen molar-refractivity contribution in [3.05, 3.63) is 34.3 Å². The van der Waals surface area contributed by atoms with Crippen molar-refractivity contribution < 1.29 is 14.3 Å². The number of hydrogen-bond donors (Lipinski definition) is 0. The summed E-state index contributed by atoms with van der Waals surface area (Å²) in [5, 5.41) is 0. The minimum absolute atomic E-state index is 0.0202. The summed E-state index contributed by atoms with van der Waals surface area (Å²) in [6, 6.07) is 7.17. The Labute approximate surface area is 113 Å². The van der Waals surface area contributed by atoms with Gasteiger partial charge in [0.2, 0.25) is 0 Å². The number of rotatable bonds is 6. The van der Waals surface area contributed by atoms with Crippen LogP contribution in [0.5, 0.6) is 0 Å². The lowest BCUT2D eigenvalue weighted by Crippen LogP contribution is -2.09. The zero-order chi connectivity index (χ0) is 12.7. The van der Waals surface area contributed by atoms with Crippen molar-refractivity contribution in [1.82, 2.24) is 0 Å². The molecule has 0 unspecified atom stereocenters. The van der Waals surface area contributed by atoms with Gasteiger partial charge in [0.1, 0.15) is 0 Å². The van der Waals surface area contributed by atoms with E-state index in [9.17, 15) is 9.59 Å². The van der Waals surface area contributed by atoms with Crippen molar-refractivity contribution in [2.24, 2.45) is 0 Å². The van der Waals surface area contributed by atoms with E-state index in [0.717, 1.165) is 4.47 Å². The van der Waals surface area contributed by atoms with Crippen LogP contribution < -0.4 is 0 Å². The first-order valence-electron chi connectivity index (χ1n) is 5.15. The molecule has 1 aromatic rings. The highest BCUT2D eigenvalue weighted by Crippen LogP contribution is 2.13. The third-order valence-electron chi connectivity index (χ3n) is 1.92. The van der Waals surface area contributed by atoms with Crippen molar-refractivity contribution in [3.63, 3.8) is 0 Å². The van der Waals surface area contributed by atoms with Crippen LogP contribution in [-0.4, -0.2) is 29.9 Å². The van der Waals surface area contributed by atoms with Crippen LogP contribution in [0.1, 0.15) is 17.3 Å².